The van der Waals surface area contributed by atoms with Gasteiger partial charge < -0.3 is 0 Å². The van der Waals surface area contributed by atoms with Gasteiger partial charge in [-0.25, -0.2) is 0 Å². The second kappa shape index (κ2) is 3.99. The molecule has 0 bridgehead atoms. The second-order valence-electron chi connectivity index (χ2n) is 3.55. The zero-order valence-electron chi connectivity index (χ0n) is 7.27. The zero-order valence-corrected chi connectivity index (χ0v) is 7.27. The second-order valence-corrected chi connectivity index (χ2v) is 3.55. The lowest BCUT2D eigenvalue weighted by Gasteiger charge is -2.26. The van der Waals surface area contributed by atoms with Crippen molar-refractivity contribution >= 4 is 0 Å². The van der Waals surface area contributed by atoms with E-state index in [2.05, 4.69) is 0 Å². The SMILES string of the molecule is N#CC(C1CCCCC1)C(F)(F)F. The highest BCUT2D eigenvalue weighted by atomic mass is 19.4. The van der Waals surface area contributed by atoms with Gasteiger partial charge in [-0.1, -0.05) is 19.3 Å². The third-order valence-corrected chi connectivity index (χ3v) is 2.61. The molecule has 1 saturated carbocycles. The van der Waals surface area contributed by atoms with E-state index in [0.717, 1.165) is 19.3 Å². The summed E-state index contributed by atoms with van der Waals surface area (Å²) in [5.41, 5.74) is 0. The summed E-state index contributed by atoms with van der Waals surface area (Å²) in [6.45, 7) is 0. The highest BCUT2D eigenvalue weighted by Crippen LogP contribution is 2.38. The maximum atomic E-state index is 12.3. The van der Waals surface area contributed by atoms with E-state index >= 15 is 0 Å². The number of alkyl halides is 3. The van der Waals surface area contributed by atoms with Gasteiger partial charge in [0.2, 0.25) is 0 Å². The fourth-order valence-electron chi connectivity index (χ4n) is 1.91. The van der Waals surface area contributed by atoms with Crippen LogP contribution in [0.25, 0.3) is 0 Å². The molecule has 4 heteroatoms. The maximum Gasteiger partial charge on any atom is 0.404 e. The highest BCUT2D eigenvalue weighted by Gasteiger charge is 2.44. The average molecular weight is 191 g/mol. The van der Waals surface area contributed by atoms with Crippen LogP contribution in [0, 0.1) is 23.2 Å². The van der Waals surface area contributed by atoms with Crippen molar-refractivity contribution in [2.75, 3.05) is 0 Å². The molecule has 0 saturated heterocycles. The summed E-state index contributed by atoms with van der Waals surface area (Å²) in [5, 5.41) is 8.44. The molecule has 1 fully saturated rings. The van der Waals surface area contributed by atoms with E-state index in [1.165, 1.54) is 6.07 Å². The molecule has 0 aromatic carbocycles. The van der Waals surface area contributed by atoms with Crippen LogP contribution >= 0.6 is 0 Å². The van der Waals surface area contributed by atoms with Gasteiger partial charge in [-0.05, 0) is 18.8 Å². The maximum absolute atomic E-state index is 12.3. The van der Waals surface area contributed by atoms with Crippen LogP contribution in [0.15, 0.2) is 0 Å². The molecular weight excluding hydrogens is 179 g/mol. The summed E-state index contributed by atoms with van der Waals surface area (Å²) in [6.07, 6.45) is -0.559. The molecule has 0 aliphatic heterocycles. The Morgan fingerprint density at radius 1 is 1.15 bits per heavy atom. The molecule has 0 heterocycles. The Morgan fingerprint density at radius 2 is 1.69 bits per heavy atom. The number of halogens is 3. The van der Waals surface area contributed by atoms with Gasteiger partial charge in [0.05, 0.1) is 6.07 Å². The Kier molecular flexibility index (Phi) is 3.18. The fourth-order valence-corrected chi connectivity index (χ4v) is 1.91. The van der Waals surface area contributed by atoms with E-state index in [9.17, 15) is 13.2 Å². The Bertz CT molecular complexity index is 198. The zero-order chi connectivity index (χ0) is 9.90. The number of nitriles is 1. The van der Waals surface area contributed by atoms with Crippen molar-refractivity contribution < 1.29 is 13.2 Å². The molecule has 0 spiro atoms. The fraction of sp³-hybridized carbons (Fsp3) is 0.889. The summed E-state index contributed by atoms with van der Waals surface area (Å²) < 4.78 is 36.8. The first kappa shape index (κ1) is 10.4. The molecule has 1 rings (SSSR count). The lowest BCUT2D eigenvalue weighted by Crippen LogP contribution is -2.30. The molecule has 1 nitrogen and oxygen atoms in total. The molecular formula is C9H12F3N. The lowest BCUT2D eigenvalue weighted by atomic mass is 9.80. The Morgan fingerprint density at radius 3 is 2.08 bits per heavy atom. The summed E-state index contributed by atoms with van der Waals surface area (Å²) >= 11 is 0. The smallest absolute Gasteiger partial charge is 0.198 e. The number of rotatable bonds is 1. The van der Waals surface area contributed by atoms with Crippen molar-refractivity contribution in [3.63, 3.8) is 0 Å². The first-order valence-electron chi connectivity index (χ1n) is 4.52. The number of hydrogen-bond donors (Lipinski definition) is 0. The number of hydrogen-bond acceptors (Lipinski definition) is 1. The Balaban J connectivity index is 2.61. The van der Waals surface area contributed by atoms with Crippen LogP contribution in [0.5, 0.6) is 0 Å². The molecule has 0 amide bonds. The molecule has 0 aromatic rings. The largest absolute Gasteiger partial charge is 0.404 e. The minimum absolute atomic E-state index is 0.459. The minimum atomic E-state index is -4.34. The molecule has 74 valence electrons. The van der Waals surface area contributed by atoms with Crippen molar-refractivity contribution in [1.82, 2.24) is 0 Å². The van der Waals surface area contributed by atoms with Gasteiger partial charge in [-0.15, -0.1) is 0 Å². The molecule has 0 radical (unpaired) electrons. The van der Waals surface area contributed by atoms with Gasteiger partial charge in [0, 0.05) is 0 Å². The molecule has 1 atom stereocenters. The summed E-state index contributed by atoms with van der Waals surface area (Å²) in [4.78, 5) is 0. The van der Waals surface area contributed by atoms with Crippen LogP contribution in [0.4, 0.5) is 13.2 Å². The third kappa shape index (κ3) is 2.61. The first-order valence-corrected chi connectivity index (χ1v) is 4.52. The topological polar surface area (TPSA) is 23.8 Å². The van der Waals surface area contributed by atoms with Crippen LogP contribution in [0.1, 0.15) is 32.1 Å². The summed E-state index contributed by atoms with van der Waals surface area (Å²) in [5.74, 6) is -2.20. The van der Waals surface area contributed by atoms with E-state index in [4.69, 9.17) is 5.26 Å². The molecule has 0 N–H and O–H groups in total. The van der Waals surface area contributed by atoms with Gasteiger partial charge in [0.1, 0.15) is 5.92 Å². The van der Waals surface area contributed by atoms with Crippen LogP contribution in [0.2, 0.25) is 0 Å². The highest BCUT2D eigenvalue weighted by molar-refractivity contribution is 4.93. The Hall–Kier alpha value is -0.720. The summed E-state index contributed by atoms with van der Waals surface area (Å²) in [6, 6.07) is 1.39. The summed E-state index contributed by atoms with van der Waals surface area (Å²) in [7, 11) is 0. The Labute approximate surface area is 75.5 Å². The van der Waals surface area contributed by atoms with E-state index in [1.807, 2.05) is 0 Å². The predicted molar refractivity (Wildman–Crippen MR) is 41.7 cm³/mol. The molecule has 13 heavy (non-hydrogen) atoms. The van der Waals surface area contributed by atoms with E-state index in [1.54, 1.807) is 0 Å². The first-order chi connectivity index (χ1) is 6.05. The minimum Gasteiger partial charge on any atom is -0.198 e. The molecule has 1 aliphatic carbocycles. The van der Waals surface area contributed by atoms with Crippen LogP contribution in [-0.4, -0.2) is 6.18 Å². The van der Waals surface area contributed by atoms with Crippen molar-refractivity contribution in [2.24, 2.45) is 11.8 Å². The predicted octanol–water partition coefficient (Wildman–Crippen LogP) is 3.27. The third-order valence-electron chi connectivity index (χ3n) is 2.61. The molecule has 1 unspecified atom stereocenters. The van der Waals surface area contributed by atoms with E-state index in [-0.39, 0.29) is 0 Å². The number of nitrogens with zero attached hydrogens (tertiary/aromatic N) is 1. The van der Waals surface area contributed by atoms with Crippen LogP contribution in [-0.2, 0) is 0 Å². The lowest BCUT2D eigenvalue weighted by molar-refractivity contribution is -0.174. The average Bonchev–Trinajstić information content (AvgIpc) is 2.05. The molecule has 1 aliphatic rings. The normalized spacial score (nSPS) is 22.3. The van der Waals surface area contributed by atoms with Crippen LogP contribution in [0.3, 0.4) is 0 Å². The van der Waals surface area contributed by atoms with Gasteiger partial charge >= 0.3 is 6.18 Å². The van der Waals surface area contributed by atoms with Gasteiger partial charge in [0.25, 0.3) is 0 Å². The molecule has 0 aromatic heterocycles. The van der Waals surface area contributed by atoms with Crippen molar-refractivity contribution in [3.05, 3.63) is 0 Å². The monoisotopic (exact) mass is 191 g/mol. The van der Waals surface area contributed by atoms with Crippen molar-refractivity contribution in [1.29, 1.82) is 5.26 Å². The van der Waals surface area contributed by atoms with Gasteiger partial charge in [-0.2, -0.15) is 18.4 Å². The quantitative estimate of drug-likeness (QED) is 0.624. The van der Waals surface area contributed by atoms with Crippen LogP contribution < -0.4 is 0 Å². The van der Waals surface area contributed by atoms with Crippen molar-refractivity contribution in [3.8, 4) is 6.07 Å². The van der Waals surface area contributed by atoms with Gasteiger partial charge in [-0.3, -0.25) is 0 Å². The van der Waals surface area contributed by atoms with Gasteiger partial charge in [0.15, 0.2) is 0 Å². The van der Waals surface area contributed by atoms with Crippen molar-refractivity contribution in [2.45, 2.75) is 38.3 Å². The van der Waals surface area contributed by atoms with E-state index in [0.29, 0.717) is 12.8 Å². The standard InChI is InChI=1S/C9H12F3N/c10-9(11,12)8(6-13)7-4-2-1-3-5-7/h7-8H,1-5H2. The van der Waals surface area contributed by atoms with E-state index < -0.39 is 18.0 Å².